The van der Waals surface area contributed by atoms with Crippen molar-refractivity contribution < 1.29 is 14.3 Å². The van der Waals surface area contributed by atoms with E-state index in [0.29, 0.717) is 12.2 Å². The number of benzene rings is 1. The van der Waals surface area contributed by atoms with E-state index in [0.717, 1.165) is 38.4 Å². The van der Waals surface area contributed by atoms with Gasteiger partial charge in [0.15, 0.2) is 0 Å². The second kappa shape index (κ2) is 6.68. The number of hydrogen-bond acceptors (Lipinski definition) is 4. The predicted octanol–water partition coefficient (Wildman–Crippen LogP) is 1.79. The van der Waals surface area contributed by atoms with E-state index in [2.05, 4.69) is 4.90 Å². The lowest BCUT2D eigenvalue weighted by atomic mass is 10.1. The van der Waals surface area contributed by atoms with E-state index in [1.807, 2.05) is 32.0 Å². The minimum atomic E-state index is -0.239. The molecule has 0 amide bonds. The van der Waals surface area contributed by atoms with Gasteiger partial charge in [0.25, 0.3) is 0 Å². The van der Waals surface area contributed by atoms with Crippen LogP contribution in [0.15, 0.2) is 18.2 Å². The molecule has 0 bridgehead atoms. The largest absolute Gasteiger partial charge is 0.461 e. The first-order chi connectivity index (χ1) is 9.16. The molecule has 0 radical (unpaired) electrons. The van der Waals surface area contributed by atoms with Crippen molar-refractivity contribution in [3.8, 4) is 0 Å². The van der Waals surface area contributed by atoms with E-state index in [-0.39, 0.29) is 5.97 Å². The molecule has 104 valence electrons. The number of hydrogen-bond donors (Lipinski definition) is 0. The SMILES string of the molecule is Cc1ccc(C(=O)OCCN2CCOCC2)cc1C. The Hall–Kier alpha value is -1.39. The molecule has 0 aromatic heterocycles. The van der Waals surface area contributed by atoms with E-state index in [4.69, 9.17) is 9.47 Å². The van der Waals surface area contributed by atoms with Gasteiger partial charge in [-0.3, -0.25) is 4.90 Å². The van der Waals surface area contributed by atoms with Gasteiger partial charge in [-0.15, -0.1) is 0 Å². The maximum atomic E-state index is 11.9. The van der Waals surface area contributed by atoms with Gasteiger partial charge in [0.05, 0.1) is 18.8 Å². The molecule has 2 rings (SSSR count). The van der Waals surface area contributed by atoms with Gasteiger partial charge < -0.3 is 9.47 Å². The first kappa shape index (κ1) is 14.0. The molecule has 1 saturated heterocycles. The Kier molecular flexibility index (Phi) is 4.93. The molecule has 1 aliphatic heterocycles. The molecular formula is C15H21NO3. The Morgan fingerprint density at radius 1 is 1.26 bits per heavy atom. The molecule has 0 atom stereocenters. The Labute approximate surface area is 114 Å². The summed E-state index contributed by atoms with van der Waals surface area (Å²) in [5.41, 5.74) is 2.93. The summed E-state index contributed by atoms with van der Waals surface area (Å²) in [7, 11) is 0. The maximum absolute atomic E-state index is 11.9. The summed E-state index contributed by atoms with van der Waals surface area (Å²) in [6.45, 7) is 8.62. The fourth-order valence-corrected chi connectivity index (χ4v) is 2.04. The Morgan fingerprint density at radius 2 is 2.00 bits per heavy atom. The lowest BCUT2D eigenvalue weighted by Crippen LogP contribution is -2.38. The summed E-state index contributed by atoms with van der Waals surface area (Å²) < 4.78 is 10.6. The van der Waals surface area contributed by atoms with Crippen molar-refractivity contribution in [2.75, 3.05) is 39.5 Å². The van der Waals surface area contributed by atoms with Crippen molar-refractivity contribution in [2.45, 2.75) is 13.8 Å². The normalized spacial score (nSPS) is 16.3. The highest BCUT2D eigenvalue weighted by atomic mass is 16.5. The minimum absolute atomic E-state index is 0.239. The molecule has 0 saturated carbocycles. The molecule has 0 aliphatic carbocycles. The van der Waals surface area contributed by atoms with Crippen LogP contribution in [0.2, 0.25) is 0 Å². The predicted molar refractivity (Wildman–Crippen MR) is 73.5 cm³/mol. The third kappa shape index (κ3) is 4.04. The van der Waals surface area contributed by atoms with Crippen LogP contribution >= 0.6 is 0 Å². The van der Waals surface area contributed by atoms with Crippen LogP contribution in [0, 0.1) is 13.8 Å². The maximum Gasteiger partial charge on any atom is 0.338 e. The lowest BCUT2D eigenvalue weighted by molar-refractivity contribution is 0.0195. The van der Waals surface area contributed by atoms with Crippen molar-refractivity contribution in [2.24, 2.45) is 0 Å². The highest BCUT2D eigenvalue weighted by molar-refractivity contribution is 5.89. The summed E-state index contributed by atoms with van der Waals surface area (Å²) >= 11 is 0. The Bertz CT molecular complexity index is 439. The number of nitrogens with zero attached hydrogens (tertiary/aromatic N) is 1. The van der Waals surface area contributed by atoms with E-state index in [9.17, 15) is 4.79 Å². The number of rotatable bonds is 4. The first-order valence-electron chi connectivity index (χ1n) is 6.71. The van der Waals surface area contributed by atoms with Crippen molar-refractivity contribution in [1.29, 1.82) is 0 Å². The van der Waals surface area contributed by atoms with Crippen molar-refractivity contribution in [3.63, 3.8) is 0 Å². The molecule has 4 nitrogen and oxygen atoms in total. The van der Waals surface area contributed by atoms with Crippen LogP contribution in [0.5, 0.6) is 0 Å². The van der Waals surface area contributed by atoms with Gasteiger partial charge in [-0.25, -0.2) is 4.79 Å². The van der Waals surface area contributed by atoms with Crippen LogP contribution in [-0.2, 0) is 9.47 Å². The zero-order valence-corrected chi connectivity index (χ0v) is 11.6. The molecule has 19 heavy (non-hydrogen) atoms. The molecule has 1 heterocycles. The number of carbonyl (C=O) groups excluding carboxylic acids is 1. The molecule has 1 aromatic rings. The number of ether oxygens (including phenoxy) is 2. The summed E-state index contributed by atoms with van der Waals surface area (Å²) in [4.78, 5) is 14.1. The van der Waals surface area contributed by atoms with Crippen molar-refractivity contribution in [3.05, 3.63) is 34.9 Å². The third-order valence-electron chi connectivity index (χ3n) is 3.49. The van der Waals surface area contributed by atoms with Crippen LogP contribution in [-0.4, -0.2) is 50.3 Å². The third-order valence-corrected chi connectivity index (χ3v) is 3.49. The van der Waals surface area contributed by atoms with Gasteiger partial charge in [0.2, 0.25) is 0 Å². The number of morpholine rings is 1. The molecule has 0 unspecified atom stereocenters. The summed E-state index contributed by atoms with van der Waals surface area (Å²) in [5, 5.41) is 0. The van der Waals surface area contributed by atoms with Crippen LogP contribution in [0.1, 0.15) is 21.5 Å². The standard InChI is InChI=1S/C15H21NO3/c1-12-3-4-14(11-13(12)2)15(17)19-10-7-16-5-8-18-9-6-16/h3-4,11H,5-10H2,1-2H3. The van der Waals surface area contributed by atoms with Gasteiger partial charge >= 0.3 is 5.97 Å². The van der Waals surface area contributed by atoms with E-state index < -0.39 is 0 Å². The highest BCUT2D eigenvalue weighted by Gasteiger charge is 2.12. The van der Waals surface area contributed by atoms with Gasteiger partial charge in [0, 0.05) is 19.6 Å². The highest BCUT2D eigenvalue weighted by Crippen LogP contribution is 2.10. The second-order valence-corrected chi connectivity index (χ2v) is 4.89. The quantitative estimate of drug-likeness (QED) is 0.776. The first-order valence-corrected chi connectivity index (χ1v) is 6.71. The smallest absolute Gasteiger partial charge is 0.338 e. The van der Waals surface area contributed by atoms with Gasteiger partial charge in [-0.2, -0.15) is 0 Å². The molecule has 4 heteroatoms. The van der Waals surface area contributed by atoms with Crippen LogP contribution in [0.3, 0.4) is 0 Å². The molecule has 1 fully saturated rings. The molecule has 0 N–H and O–H groups in total. The number of aryl methyl sites for hydroxylation is 2. The topological polar surface area (TPSA) is 38.8 Å². The van der Waals surface area contributed by atoms with E-state index in [1.54, 1.807) is 0 Å². The second-order valence-electron chi connectivity index (χ2n) is 4.89. The lowest BCUT2D eigenvalue weighted by Gasteiger charge is -2.26. The Morgan fingerprint density at radius 3 is 2.68 bits per heavy atom. The number of esters is 1. The molecule has 1 aliphatic rings. The molecular weight excluding hydrogens is 242 g/mol. The van der Waals surface area contributed by atoms with Crippen LogP contribution in [0.25, 0.3) is 0 Å². The molecule has 0 spiro atoms. The van der Waals surface area contributed by atoms with Gasteiger partial charge in [-0.1, -0.05) is 6.07 Å². The average molecular weight is 263 g/mol. The van der Waals surface area contributed by atoms with Crippen molar-refractivity contribution in [1.82, 2.24) is 4.90 Å². The fourth-order valence-electron chi connectivity index (χ4n) is 2.04. The van der Waals surface area contributed by atoms with Crippen LogP contribution in [0.4, 0.5) is 0 Å². The molecule has 1 aromatic carbocycles. The number of carbonyl (C=O) groups is 1. The van der Waals surface area contributed by atoms with E-state index in [1.165, 1.54) is 5.56 Å². The fraction of sp³-hybridized carbons (Fsp3) is 0.533. The summed E-state index contributed by atoms with van der Waals surface area (Å²) in [5.74, 6) is -0.239. The average Bonchev–Trinajstić information content (AvgIpc) is 2.43. The van der Waals surface area contributed by atoms with Crippen molar-refractivity contribution >= 4 is 5.97 Å². The summed E-state index contributed by atoms with van der Waals surface area (Å²) in [6, 6.07) is 5.65. The Balaban J connectivity index is 1.78. The zero-order valence-electron chi connectivity index (χ0n) is 11.6. The van der Waals surface area contributed by atoms with E-state index >= 15 is 0 Å². The van der Waals surface area contributed by atoms with Gasteiger partial charge in [-0.05, 0) is 37.1 Å². The zero-order chi connectivity index (χ0) is 13.7. The monoisotopic (exact) mass is 263 g/mol. The van der Waals surface area contributed by atoms with Crippen LogP contribution < -0.4 is 0 Å². The minimum Gasteiger partial charge on any atom is -0.461 e. The van der Waals surface area contributed by atoms with Gasteiger partial charge in [0.1, 0.15) is 6.61 Å². The summed E-state index contributed by atoms with van der Waals surface area (Å²) in [6.07, 6.45) is 0.